The standard InChI is InChI=1S/C15H23ClO3/c1-4-19-15-10(2)7-14(16)11(3)13(15)6-5-12(8-17)9-18/h7,12,17-18H,4-6,8-9H2,1-3H3. The van der Waals surface area contributed by atoms with E-state index in [9.17, 15) is 0 Å². The molecule has 0 aliphatic heterocycles. The summed E-state index contributed by atoms with van der Waals surface area (Å²) in [5.74, 6) is 0.798. The van der Waals surface area contributed by atoms with Gasteiger partial charge in [0.25, 0.3) is 0 Å². The first-order chi connectivity index (χ1) is 9.04. The molecule has 1 aromatic carbocycles. The molecular formula is C15H23ClO3. The van der Waals surface area contributed by atoms with Crippen molar-refractivity contribution < 1.29 is 14.9 Å². The highest BCUT2D eigenvalue weighted by atomic mass is 35.5. The minimum Gasteiger partial charge on any atom is -0.493 e. The molecular weight excluding hydrogens is 264 g/mol. The van der Waals surface area contributed by atoms with E-state index in [1.54, 1.807) is 0 Å². The smallest absolute Gasteiger partial charge is 0.125 e. The van der Waals surface area contributed by atoms with E-state index in [-0.39, 0.29) is 19.1 Å². The lowest BCUT2D eigenvalue weighted by Crippen LogP contribution is -2.13. The van der Waals surface area contributed by atoms with Gasteiger partial charge in [-0.15, -0.1) is 0 Å². The maximum absolute atomic E-state index is 9.14. The minimum atomic E-state index is -0.0897. The van der Waals surface area contributed by atoms with Crippen molar-refractivity contribution >= 4 is 11.6 Å². The first-order valence-corrected chi connectivity index (χ1v) is 7.05. The highest BCUT2D eigenvalue weighted by Gasteiger charge is 2.15. The van der Waals surface area contributed by atoms with E-state index in [1.807, 2.05) is 26.8 Å². The first-order valence-electron chi connectivity index (χ1n) is 6.68. The molecule has 3 nitrogen and oxygen atoms in total. The maximum Gasteiger partial charge on any atom is 0.125 e. The lowest BCUT2D eigenvalue weighted by Gasteiger charge is -2.18. The summed E-state index contributed by atoms with van der Waals surface area (Å²) in [6, 6.07) is 1.92. The predicted molar refractivity (Wildman–Crippen MR) is 78.1 cm³/mol. The fraction of sp³-hybridized carbons (Fsp3) is 0.600. The van der Waals surface area contributed by atoms with Gasteiger partial charge in [0.05, 0.1) is 6.61 Å². The lowest BCUT2D eigenvalue weighted by atomic mass is 9.95. The Kier molecular flexibility index (Phi) is 6.63. The molecule has 1 aromatic rings. The van der Waals surface area contributed by atoms with Gasteiger partial charge in [0.2, 0.25) is 0 Å². The molecule has 0 bridgehead atoms. The lowest BCUT2D eigenvalue weighted by molar-refractivity contribution is 0.144. The number of ether oxygens (including phenoxy) is 1. The molecule has 0 heterocycles. The van der Waals surface area contributed by atoms with Crippen LogP contribution in [-0.4, -0.2) is 30.0 Å². The normalized spacial score (nSPS) is 11.1. The SMILES string of the molecule is CCOc1c(C)cc(Cl)c(C)c1CCC(CO)CO. The molecule has 19 heavy (non-hydrogen) atoms. The quantitative estimate of drug-likeness (QED) is 0.810. The molecule has 0 aliphatic carbocycles. The van der Waals surface area contributed by atoms with Crippen LogP contribution in [0.3, 0.4) is 0 Å². The maximum atomic E-state index is 9.14. The van der Waals surface area contributed by atoms with Gasteiger partial charge in [-0.1, -0.05) is 11.6 Å². The topological polar surface area (TPSA) is 49.7 Å². The van der Waals surface area contributed by atoms with Gasteiger partial charge in [0, 0.05) is 24.2 Å². The van der Waals surface area contributed by atoms with Crippen LogP contribution in [0.4, 0.5) is 0 Å². The summed E-state index contributed by atoms with van der Waals surface area (Å²) >= 11 is 6.22. The van der Waals surface area contributed by atoms with Crippen molar-refractivity contribution in [2.24, 2.45) is 5.92 Å². The van der Waals surface area contributed by atoms with E-state index >= 15 is 0 Å². The van der Waals surface area contributed by atoms with Gasteiger partial charge < -0.3 is 14.9 Å². The zero-order valence-corrected chi connectivity index (χ0v) is 12.6. The Bertz CT molecular complexity index is 414. The third-order valence-electron chi connectivity index (χ3n) is 3.39. The average molecular weight is 287 g/mol. The molecule has 0 saturated heterocycles. The molecule has 0 radical (unpaired) electrons. The second-order valence-corrected chi connectivity index (χ2v) is 5.22. The molecule has 0 aromatic heterocycles. The van der Waals surface area contributed by atoms with Crippen LogP contribution in [0.15, 0.2) is 6.07 Å². The summed E-state index contributed by atoms with van der Waals surface area (Å²) in [5.41, 5.74) is 3.13. The number of aliphatic hydroxyl groups excluding tert-OH is 2. The molecule has 0 saturated carbocycles. The first kappa shape index (κ1) is 16.3. The Morgan fingerprint density at radius 3 is 2.42 bits per heavy atom. The molecule has 0 spiro atoms. The van der Waals surface area contributed by atoms with Gasteiger partial charge in [-0.2, -0.15) is 0 Å². The van der Waals surface area contributed by atoms with Gasteiger partial charge in [-0.25, -0.2) is 0 Å². The van der Waals surface area contributed by atoms with Crippen LogP contribution in [0.1, 0.15) is 30.0 Å². The van der Waals surface area contributed by atoms with Crippen LogP contribution < -0.4 is 4.74 Å². The van der Waals surface area contributed by atoms with Crippen molar-refractivity contribution in [1.82, 2.24) is 0 Å². The number of rotatable bonds is 7. The van der Waals surface area contributed by atoms with Crippen molar-refractivity contribution in [3.05, 3.63) is 27.8 Å². The Hall–Kier alpha value is -0.770. The third kappa shape index (κ3) is 4.10. The van der Waals surface area contributed by atoms with Gasteiger partial charge in [0.1, 0.15) is 5.75 Å². The number of hydrogen-bond acceptors (Lipinski definition) is 3. The minimum absolute atomic E-state index is 0.000929. The summed E-state index contributed by atoms with van der Waals surface area (Å²) in [5, 5.41) is 19.0. The average Bonchev–Trinajstić information content (AvgIpc) is 2.39. The van der Waals surface area contributed by atoms with Crippen LogP contribution >= 0.6 is 11.6 Å². The zero-order valence-electron chi connectivity index (χ0n) is 11.9. The number of aryl methyl sites for hydroxylation is 1. The summed E-state index contributed by atoms with van der Waals surface area (Å²) in [6.45, 7) is 6.52. The molecule has 0 amide bonds. The van der Waals surface area contributed by atoms with Crippen molar-refractivity contribution in [3.63, 3.8) is 0 Å². The van der Waals surface area contributed by atoms with Gasteiger partial charge >= 0.3 is 0 Å². The molecule has 0 unspecified atom stereocenters. The van der Waals surface area contributed by atoms with E-state index in [1.165, 1.54) is 0 Å². The molecule has 1 rings (SSSR count). The number of halogens is 1. The Morgan fingerprint density at radius 1 is 1.26 bits per heavy atom. The summed E-state index contributed by atoms with van der Waals surface area (Å²) in [6.07, 6.45) is 1.46. The molecule has 4 heteroatoms. The van der Waals surface area contributed by atoms with Gasteiger partial charge in [0.15, 0.2) is 0 Å². The molecule has 0 fully saturated rings. The van der Waals surface area contributed by atoms with Crippen LogP contribution in [0.2, 0.25) is 5.02 Å². The Balaban J connectivity index is 3.02. The Morgan fingerprint density at radius 2 is 1.89 bits per heavy atom. The predicted octanol–water partition coefficient (Wildman–Crippen LogP) is 2.89. The van der Waals surface area contributed by atoms with Crippen molar-refractivity contribution in [2.45, 2.75) is 33.6 Å². The van der Waals surface area contributed by atoms with E-state index in [0.717, 1.165) is 33.9 Å². The van der Waals surface area contributed by atoms with Gasteiger partial charge in [-0.05, 0) is 56.4 Å². The number of hydrogen-bond donors (Lipinski definition) is 2. The monoisotopic (exact) mass is 286 g/mol. The molecule has 108 valence electrons. The second kappa shape index (κ2) is 7.73. The highest BCUT2D eigenvalue weighted by molar-refractivity contribution is 6.31. The van der Waals surface area contributed by atoms with Crippen molar-refractivity contribution in [2.75, 3.05) is 19.8 Å². The zero-order chi connectivity index (χ0) is 14.4. The van der Waals surface area contributed by atoms with Crippen LogP contribution in [0.5, 0.6) is 5.75 Å². The summed E-state index contributed by atoms with van der Waals surface area (Å²) < 4.78 is 5.72. The van der Waals surface area contributed by atoms with E-state index < -0.39 is 0 Å². The summed E-state index contributed by atoms with van der Waals surface area (Å²) in [7, 11) is 0. The fourth-order valence-electron chi connectivity index (χ4n) is 2.15. The van der Waals surface area contributed by atoms with Crippen LogP contribution in [-0.2, 0) is 6.42 Å². The number of benzene rings is 1. The van der Waals surface area contributed by atoms with Crippen LogP contribution in [0.25, 0.3) is 0 Å². The van der Waals surface area contributed by atoms with Crippen molar-refractivity contribution in [3.8, 4) is 5.75 Å². The van der Waals surface area contributed by atoms with E-state index in [4.69, 9.17) is 26.6 Å². The largest absolute Gasteiger partial charge is 0.493 e. The number of aliphatic hydroxyl groups is 2. The van der Waals surface area contributed by atoms with Crippen LogP contribution in [0, 0.1) is 19.8 Å². The second-order valence-electron chi connectivity index (χ2n) is 4.81. The molecule has 0 atom stereocenters. The molecule has 2 N–H and O–H groups in total. The van der Waals surface area contributed by atoms with Gasteiger partial charge in [-0.3, -0.25) is 0 Å². The van der Waals surface area contributed by atoms with Crippen molar-refractivity contribution in [1.29, 1.82) is 0 Å². The van der Waals surface area contributed by atoms with E-state index in [0.29, 0.717) is 13.0 Å². The highest BCUT2D eigenvalue weighted by Crippen LogP contribution is 2.33. The molecule has 0 aliphatic rings. The Labute approximate surface area is 120 Å². The fourth-order valence-corrected chi connectivity index (χ4v) is 2.43. The van der Waals surface area contributed by atoms with E-state index in [2.05, 4.69) is 0 Å². The third-order valence-corrected chi connectivity index (χ3v) is 3.79. The summed E-state index contributed by atoms with van der Waals surface area (Å²) in [4.78, 5) is 0.